The molecule has 0 aromatic heterocycles. The van der Waals surface area contributed by atoms with Gasteiger partial charge in [-0.15, -0.1) is 0 Å². The fourth-order valence-electron chi connectivity index (χ4n) is 4.18. The van der Waals surface area contributed by atoms with Gasteiger partial charge in [0, 0.05) is 17.6 Å². The predicted octanol–water partition coefficient (Wildman–Crippen LogP) is 5.20. The van der Waals surface area contributed by atoms with Gasteiger partial charge in [0.25, 0.3) is 10.0 Å². The Morgan fingerprint density at radius 2 is 1.63 bits per heavy atom. The monoisotopic (exact) mass is 599 g/mol. The van der Waals surface area contributed by atoms with Crippen LogP contribution < -0.4 is 9.62 Å². The molecule has 0 heterocycles. The van der Waals surface area contributed by atoms with Gasteiger partial charge in [0.2, 0.25) is 11.8 Å². The second-order valence-electron chi connectivity index (χ2n) is 9.07. The number of carbonyl (C=O) groups excluding carboxylic acids is 2. The molecule has 202 valence electrons. The summed E-state index contributed by atoms with van der Waals surface area (Å²) in [5, 5.41) is 2.82. The first-order valence-corrected chi connectivity index (χ1v) is 14.8. The Morgan fingerprint density at radius 1 is 0.947 bits per heavy atom. The average Bonchev–Trinajstić information content (AvgIpc) is 2.88. The molecule has 1 N–H and O–H groups in total. The molecule has 0 bridgehead atoms. The van der Waals surface area contributed by atoms with Crippen molar-refractivity contribution < 1.29 is 18.0 Å². The molecular weight excluding hydrogens is 566 g/mol. The standard InChI is InChI=1S/C29H34BrN3O4S/c1-5-27(29(35)31-6-2)32(19-23-11-8-7-10-22(23)4)28(34)20-33(25-13-9-12-24(30)18-25)38(36,37)26-16-14-21(3)15-17-26/h7-18,27H,5-6,19-20H2,1-4H3,(H,31,35)/t27-/m0/s1. The van der Waals surface area contributed by atoms with Crippen molar-refractivity contribution in [3.8, 4) is 0 Å². The second kappa shape index (κ2) is 13.1. The normalized spacial score (nSPS) is 12.0. The van der Waals surface area contributed by atoms with Gasteiger partial charge in [0.15, 0.2) is 0 Å². The number of anilines is 1. The van der Waals surface area contributed by atoms with Crippen LogP contribution in [0.3, 0.4) is 0 Å². The maximum absolute atomic E-state index is 14.0. The SMILES string of the molecule is CCNC(=O)[C@H](CC)N(Cc1ccccc1C)C(=O)CN(c1cccc(Br)c1)S(=O)(=O)c1ccc(C)cc1. The lowest BCUT2D eigenvalue weighted by Crippen LogP contribution is -2.52. The minimum absolute atomic E-state index is 0.0806. The third kappa shape index (κ3) is 7.02. The highest BCUT2D eigenvalue weighted by atomic mass is 79.9. The summed E-state index contributed by atoms with van der Waals surface area (Å²) in [7, 11) is -4.10. The molecule has 0 aliphatic rings. The van der Waals surface area contributed by atoms with E-state index in [2.05, 4.69) is 21.2 Å². The topological polar surface area (TPSA) is 86.8 Å². The molecule has 0 saturated heterocycles. The number of amides is 2. The Morgan fingerprint density at radius 3 is 2.24 bits per heavy atom. The van der Waals surface area contributed by atoms with E-state index in [1.165, 1.54) is 17.0 Å². The number of rotatable bonds is 11. The van der Waals surface area contributed by atoms with Crippen LogP contribution in [0.4, 0.5) is 5.69 Å². The predicted molar refractivity (Wildman–Crippen MR) is 154 cm³/mol. The molecule has 2 amide bonds. The fraction of sp³-hybridized carbons (Fsp3) is 0.310. The van der Waals surface area contributed by atoms with Crippen molar-refractivity contribution in [1.82, 2.24) is 10.2 Å². The minimum atomic E-state index is -4.10. The van der Waals surface area contributed by atoms with E-state index in [0.29, 0.717) is 23.1 Å². The van der Waals surface area contributed by atoms with E-state index in [9.17, 15) is 18.0 Å². The zero-order valence-electron chi connectivity index (χ0n) is 22.1. The number of benzene rings is 3. The summed E-state index contributed by atoms with van der Waals surface area (Å²) in [6, 6.07) is 20.2. The Bertz CT molecular complexity index is 1380. The van der Waals surface area contributed by atoms with Crippen LogP contribution in [0.1, 0.15) is 37.0 Å². The molecule has 0 fully saturated rings. The van der Waals surface area contributed by atoms with E-state index in [1.54, 1.807) is 36.4 Å². The number of nitrogens with one attached hydrogen (secondary N) is 1. The number of carbonyl (C=O) groups is 2. The fourth-order valence-corrected chi connectivity index (χ4v) is 5.97. The highest BCUT2D eigenvalue weighted by Crippen LogP contribution is 2.27. The zero-order chi connectivity index (χ0) is 27.9. The molecular formula is C29H34BrN3O4S. The molecule has 7 nitrogen and oxygen atoms in total. The Labute approximate surface area is 234 Å². The van der Waals surface area contributed by atoms with E-state index in [0.717, 1.165) is 21.0 Å². The van der Waals surface area contributed by atoms with E-state index >= 15 is 0 Å². The van der Waals surface area contributed by atoms with Crippen molar-refractivity contribution in [3.63, 3.8) is 0 Å². The van der Waals surface area contributed by atoms with Gasteiger partial charge in [-0.25, -0.2) is 8.42 Å². The van der Waals surface area contributed by atoms with E-state index in [1.807, 2.05) is 52.0 Å². The first-order chi connectivity index (χ1) is 18.1. The van der Waals surface area contributed by atoms with Crippen LogP contribution in [0.5, 0.6) is 0 Å². The van der Waals surface area contributed by atoms with Gasteiger partial charge in [-0.2, -0.15) is 0 Å². The molecule has 3 aromatic carbocycles. The molecule has 1 atom stereocenters. The molecule has 3 aromatic rings. The van der Waals surface area contributed by atoms with Crippen molar-refractivity contribution in [1.29, 1.82) is 0 Å². The van der Waals surface area contributed by atoms with E-state index < -0.39 is 28.5 Å². The van der Waals surface area contributed by atoms with Crippen molar-refractivity contribution in [2.45, 2.75) is 51.6 Å². The average molecular weight is 601 g/mol. The van der Waals surface area contributed by atoms with E-state index in [4.69, 9.17) is 0 Å². The van der Waals surface area contributed by atoms with Crippen molar-refractivity contribution >= 4 is 43.5 Å². The second-order valence-corrected chi connectivity index (χ2v) is 11.8. The molecule has 0 aliphatic carbocycles. The minimum Gasteiger partial charge on any atom is -0.355 e. The molecule has 0 radical (unpaired) electrons. The molecule has 38 heavy (non-hydrogen) atoms. The molecule has 0 spiro atoms. The van der Waals surface area contributed by atoms with Crippen LogP contribution in [-0.4, -0.2) is 44.3 Å². The zero-order valence-corrected chi connectivity index (χ0v) is 24.6. The van der Waals surface area contributed by atoms with Gasteiger partial charge in [-0.1, -0.05) is 70.9 Å². The van der Waals surface area contributed by atoms with Gasteiger partial charge < -0.3 is 10.2 Å². The smallest absolute Gasteiger partial charge is 0.264 e. The van der Waals surface area contributed by atoms with Crippen LogP contribution in [0.15, 0.2) is 82.2 Å². The maximum Gasteiger partial charge on any atom is 0.264 e. The van der Waals surface area contributed by atoms with Crippen LogP contribution in [0.25, 0.3) is 0 Å². The van der Waals surface area contributed by atoms with Gasteiger partial charge in [-0.3, -0.25) is 13.9 Å². The number of hydrogen-bond donors (Lipinski definition) is 1. The van der Waals surface area contributed by atoms with Crippen molar-refractivity contribution in [3.05, 3.63) is 94.0 Å². The number of nitrogens with zero attached hydrogens (tertiary/aromatic N) is 2. The van der Waals surface area contributed by atoms with Crippen LogP contribution in [0.2, 0.25) is 0 Å². The van der Waals surface area contributed by atoms with Crippen molar-refractivity contribution in [2.24, 2.45) is 0 Å². The summed E-state index contributed by atoms with van der Waals surface area (Å²) in [5.41, 5.74) is 3.13. The molecule has 3 rings (SSSR count). The lowest BCUT2D eigenvalue weighted by molar-refractivity contribution is -0.140. The van der Waals surface area contributed by atoms with Crippen LogP contribution >= 0.6 is 15.9 Å². The third-order valence-electron chi connectivity index (χ3n) is 6.32. The quantitative estimate of drug-likeness (QED) is 0.328. The Balaban J connectivity index is 2.07. The number of aryl methyl sites for hydroxylation is 2. The van der Waals surface area contributed by atoms with Crippen LogP contribution in [-0.2, 0) is 26.2 Å². The van der Waals surface area contributed by atoms with E-state index in [-0.39, 0.29) is 17.3 Å². The highest BCUT2D eigenvalue weighted by molar-refractivity contribution is 9.10. The Hall–Kier alpha value is -3.17. The summed E-state index contributed by atoms with van der Waals surface area (Å²) < 4.78 is 29.5. The first-order valence-electron chi connectivity index (χ1n) is 12.5. The van der Waals surface area contributed by atoms with Gasteiger partial charge >= 0.3 is 0 Å². The first kappa shape index (κ1) is 29.4. The summed E-state index contributed by atoms with van der Waals surface area (Å²) in [6.07, 6.45) is 0.380. The van der Waals surface area contributed by atoms with Crippen molar-refractivity contribution in [2.75, 3.05) is 17.4 Å². The number of likely N-dealkylation sites (N-methyl/N-ethyl adjacent to an activating group) is 1. The number of hydrogen-bond acceptors (Lipinski definition) is 4. The summed E-state index contributed by atoms with van der Waals surface area (Å²) in [4.78, 5) is 28.6. The maximum atomic E-state index is 14.0. The van der Waals surface area contributed by atoms with Gasteiger partial charge in [0.1, 0.15) is 12.6 Å². The third-order valence-corrected chi connectivity index (χ3v) is 8.60. The summed E-state index contributed by atoms with van der Waals surface area (Å²) >= 11 is 3.41. The van der Waals surface area contributed by atoms with Gasteiger partial charge in [-0.05, 0) is 68.7 Å². The Kier molecular flexibility index (Phi) is 10.1. The molecule has 0 aliphatic heterocycles. The van der Waals surface area contributed by atoms with Gasteiger partial charge in [0.05, 0.1) is 10.6 Å². The number of sulfonamides is 1. The lowest BCUT2D eigenvalue weighted by atomic mass is 10.1. The largest absolute Gasteiger partial charge is 0.355 e. The molecule has 0 saturated carbocycles. The van der Waals surface area contributed by atoms with Crippen LogP contribution in [0, 0.1) is 13.8 Å². The summed E-state index contributed by atoms with van der Waals surface area (Å²) in [6.45, 7) is 7.62. The highest BCUT2D eigenvalue weighted by Gasteiger charge is 2.33. The molecule has 0 unspecified atom stereocenters. The molecule has 9 heteroatoms. The number of halogens is 1. The lowest BCUT2D eigenvalue weighted by Gasteiger charge is -2.33. The summed E-state index contributed by atoms with van der Waals surface area (Å²) in [5.74, 6) is -0.741.